The van der Waals surface area contributed by atoms with E-state index in [2.05, 4.69) is 89.4 Å². The molecule has 0 aliphatic heterocycles. The summed E-state index contributed by atoms with van der Waals surface area (Å²) in [6, 6.07) is 14.4. The molecule has 0 saturated heterocycles. The lowest BCUT2D eigenvalue weighted by atomic mass is 9.85. The molecular formula is C29H34N4O2. The van der Waals surface area contributed by atoms with Crippen molar-refractivity contribution in [2.75, 3.05) is 32.8 Å². The molecule has 2 N–H and O–H groups in total. The highest BCUT2D eigenvalue weighted by atomic mass is 16.5. The van der Waals surface area contributed by atoms with Gasteiger partial charge in [-0.15, -0.1) is 0 Å². The van der Waals surface area contributed by atoms with E-state index in [-0.39, 0.29) is 5.41 Å². The number of hydrogen-bond acceptors (Lipinski definition) is 4. The van der Waals surface area contributed by atoms with Gasteiger partial charge in [0.15, 0.2) is 0 Å². The van der Waals surface area contributed by atoms with Gasteiger partial charge in [0.05, 0.1) is 17.8 Å². The van der Waals surface area contributed by atoms with Crippen LogP contribution in [-0.4, -0.2) is 52.9 Å². The van der Waals surface area contributed by atoms with Gasteiger partial charge < -0.3 is 19.4 Å². The summed E-state index contributed by atoms with van der Waals surface area (Å²) in [5, 5.41) is 9.91. The van der Waals surface area contributed by atoms with Crippen LogP contribution in [0.25, 0.3) is 33.2 Å². The summed E-state index contributed by atoms with van der Waals surface area (Å²) in [5.41, 5.74) is 3.92. The lowest BCUT2D eigenvalue weighted by Gasteiger charge is -2.26. The summed E-state index contributed by atoms with van der Waals surface area (Å²) in [5.74, 6) is 1.74. The van der Waals surface area contributed by atoms with Crippen molar-refractivity contribution in [2.24, 2.45) is 5.41 Å². The maximum Gasteiger partial charge on any atom is 0.120 e. The molecule has 0 bridgehead atoms. The number of nitrogens with one attached hydrogen (secondary N) is 2. The number of fused-ring (bicyclic) bond motifs is 2. The first-order chi connectivity index (χ1) is 17.1. The van der Waals surface area contributed by atoms with Gasteiger partial charge in [-0.3, -0.25) is 5.10 Å². The molecule has 0 saturated carbocycles. The predicted octanol–water partition coefficient (Wildman–Crippen LogP) is 6.33. The SMILES string of the molecule is CCN(CC)CCOc1ccc2[nH]c(-c3n[nH]c4ccc(OCC5(C)C=CC=CC5)cc34)cc2c1. The minimum atomic E-state index is 0.0191. The standard InChI is InChI=1S/C29H34N4O2/c1-4-33(5-2)15-16-34-22-9-11-25-21(17-22)18-27(30-25)28-24-19-23(10-12-26(24)31-32-28)35-20-29(3)13-7-6-8-14-29/h6-13,17-19,30H,4-5,14-16,20H2,1-3H3,(H,31,32). The van der Waals surface area contributed by atoms with E-state index in [1.807, 2.05) is 18.2 Å². The van der Waals surface area contributed by atoms with E-state index in [1.54, 1.807) is 0 Å². The second-order valence-corrected chi connectivity index (χ2v) is 9.52. The Labute approximate surface area is 206 Å². The zero-order valence-corrected chi connectivity index (χ0v) is 20.8. The fraction of sp³-hybridized carbons (Fsp3) is 0.345. The number of allylic oxidation sites excluding steroid dienone is 3. The van der Waals surface area contributed by atoms with Crippen LogP contribution in [0.4, 0.5) is 0 Å². The number of H-pyrrole nitrogens is 2. The number of likely N-dealkylation sites (N-methyl/N-ethyl adjacent to an activating group) is 1. The molecule has 6 nitrogen and oxygen atoms in total. The summed E-state index contributed by atoms with van der Waals surface area (Å²) in [4.78, 5) is 5.87. The Morgan fingerprint density at radius 1 is 0.971 bits per heavy atom. The van der Waals surface area contributed by atoms with Crippen LogP contribution in [0.1, 0.15) is 27.2 Å². The Balaban J connectivity index is 1.34. The Bertz CT molecular complexity index is 1360. The van der Waals surface area contributed by atoms with Crippen molar-refractivity contribution in [3.05, 3.63) is 66.8 Å². The number of aromatic nitrogens is 3. The summed E-state index contributed by atoms with van der Waals surface area (Å²) in [7, 11) is 0. The average molecular weight is 471 g/mol. The number of aromatic amines is 2. The number of nitrogens with zero attached hydrogens (tertiary/aromatic N) is 2. The van der Waals surface area contributed by atoms with E-state index < -0.39 is 0 Å². The highest BCUT2D eigenvalue weighted by Crippen LogP contribution is 2.33. The monoisotopic (exact) mass is 470 g/mol. The number of benzene rings is 2. The minimum absolute atomic E-state index is 0.0191. The van der Waals surface area contributed by atoms with Crippen molar-refractivity contribution >= 4 is 21.8 Å². The van der Waals surface area contributed by atoms with Gasteiger partial charge in [-0.2, -0.15) is 5.10 Å². The van der Waals surface area contributed by atoms with Crippen LogP contribution in [0.15, 0.2) is 66.8 Å². The molecule has 2 aromatic heterocycles. The molecular weight excluding hydrogens is 436 g/mol. The fourth-order valence-electron chi connectivity index (χ4n) is 4.58. The van der Waals surface area contributed by atoms with E-state index in [9.17, 15) is 0 Å². The molecule has 0 fully saturated rings. The smallest absolute Gasteiger partial charge is 0.120 e. The van der Waals surface area contributed by atoms with Crippen LogP contribution in [-0.2, 0) is 0 Å². The van der Waals surface area contributed by atoms with Gasteiger partial charge >= 0.3 is 0 Å². The van der Waals surface area contributed by atoms with Crippen molar-refractivity contribution in [3.8, 4) is 22.9 Å². The fourth-order valence-corrected chi connectivity index (χ4v) is 4.58. The molecule has 1 aliphatic rings. The molecule has 4 aromatic rings. The maximum absolute atomic E-state index is 6.20. The molecule has 1 unspecified atom stereocenters. The van der Waals surface area contributed by atoms with Gasteiger partial charge in [-0.1, -0.05) is 45.1 Å². The molecule has 0 amide bonds. The summed E-state index contributed by atoms with van der Waals surface area (Å²) in [6.07, 6.45) is 9.59. The number of hydrogen-bond donors (Lipinski definition) is 2. The molecule has 1 aliphatic carbocycles. The van der Waals surface area contributed by atoms with Gasteiger partial charge in [-0.25, -0.2) is 0 Å². The third kappa shape index (κ3) is 5.13. The van der Waals surface area contributed by atoms with Gasteiger partial charge in [0, 0.05) is 28.2 Å². The first-order valence-corrected chi connectivity index (χ1v) is 12.5. The largest absolute Gasteiger partial charge is 0.493 e. The Morgan fingerprint density at radius 3 is 2.54 bits per heavy atom. The van der Waals surface area contributed by atoms with E-state index in [0.717, 1.165) is 70.7 Å². The third-order valence-electron chi connectivity index (χ3n) is 6.85. The number of ether oxygens (including phenoxy) is 2. The van der Waals surface area contributed by atoms with Gasteiger partial charge in [0.2, 0.25) is 0 Å². The van der Waals surface area contributed by atoms with Crippen molar-refractivity contribution in [3.63, 3.8) is 0 Å². The third-order valence-corrected chi connectivity index (χ3v) is 6.85. The lowest BCUT2D eigenvalue weighted by molar-refractivity contribution is 0.207. The zero-order chi connectivity index (χ0) is 24.3. The molecule has 1 atom stereocenters. The maximum atomic E-state index is 6.20. The normalized spacial score (nSPS) is 17.6. The molecule has 0 radical (unpaired) electrons. The Morgan fingerprint density at radius 2 is 1.77 bits per heavy atom. The number of rotatable bonds is 10. The van der Waals surface area contributed by atoms with Gasteiger partial charge in [0.1, 0.15) is 23.8 Å². The van der Waals surface area contributed by atoms with E-state index in [4.69, 9.17) is 9.47 Å². The van der Waals surface area contributed by atoms with Crippen molar-refractivity contribution in [2.45, 2.75) is 27.2 Å². The van der Waals surface area contributed by atoms with Crippen molar-refractivity contribution in [1.82, 2.24) is 20.1 Å². The van der Waals surface area contributed by atoms with Crippen LogP contribution in [0.3, 0.4) is 0 Å². The van der Waals surface area contributed by atoms with Crippen LogP contribution in [0.2, 0.25) is 0 Å². The highest BCUT2D eigenvalue weighted by molar-refractivity contribution is 5.96. The van der Waals surface area contributed by atoms with E-state index in [0.29, 0.717) is 13.2 Å². The van der Waals surface area contributed by atoms with E-state index >= 15 is 0 Å². The second kappa shape index (κ2) is 10.0. The first kappa shape index (κ1) is 23.2. The van der Waals surface area contributed by atoms with Crippen LogP contribution in [0.5, 0.6) is 11.5 Å². The molecule has 6 heteroatoms. The molecule has 2 aromatic carbocycles. The molecule has 2 heterocycles. The quantitative estimate of drug-likeness (QED) is 0.284. The van der Waals surface area contributed by atoms with Gasteiger partial charge in [0.25, 0.3) is 0 Å². The van der Waals surface area contributed by atoms with Gasteiger partial charge in [-0.05, 0) is 62.0 Å². The van der Waals surface area contributed by atoms with E-state index in [1.165, 1.54) is 0 Å². The molecule has 182 valence electrons. The molecule has 35 heavy (non-hydrogen) atoms. The first-order valence-electron chi connectivity index (χ1n) is 12.5. The lowest BCUT2D eigenvalue weighted by Crippen LogP contribution is -2.27. The Hall–Kier alpha value is -3.51. The van der Waals surface area contributed by atoms with Crippen molar-refractivity contribution in [1.29, 1.82) is 0 Å². The molecule has 0 spiro atoms. The van der Waals surface area contributed by atoms with Crippen LogP contribution < -0.4 is 9.47 Å². The predicted molar refractivity (Wildman–Crippen MR) is 143 cm³/mol. The topological polar surface area (TPSA) is 66.2 Å². The zero-order valence-electron chi connectivity index (χ0n) is 20.8. The summed E-state index contributed by atoms with van der Waals surface area (Å²) >= 11 is 0. The van der Waals surface area contributed by atoms with Crippen molar-refractivity contribution < 1.29 is 9.47 Å². The second-order valence-electron chi connectivity index (χ2n) is 9.52. The molecule has 5 rings (SSSR count). The van der Waals surface area contributed by atoms with Crippen LogP contribution >= 0.6 is 0 Å². The minimum Gasteiger partial charge on any atom is -0.493 e. The Kier molecular flexibility index (Phi) is 6.64. The summed E-state index contributed by atoms with van der Waals surface area (Å²) in [6.45, 7) is 10.9. The average Bonchev–Trinajstić information content (AvgIpc) is 3.49. The summed E-state index contributed by atoms with van der Waals surface area (Å²) < 4.78 is 12.2. The highest BCUT2D eigenvalue weighted by Gasteiger charge is 2.22. The van der Waals surface area contributed by atoms with Crippen LogP contribution in [0, 0.1) is 5.41 Å².